The van der Waals surface area contributed by atoms with Crippen molar-refractivity contribution in [2.24, 2.45) is 5.73 Å². The Bertz CT molecular complexity index is 359. The number of hydrogen-bond acceptors (Lipinski definition) is 3. The summed E-state index contributed by atoms with van der Waals surface area (Å²) in [4.78, 5) is 11.6. The lowest BCUT2D eigenvalue weighted by molar-refractivity contribution is 0.0982. The fourth-order valence-corrected chi connectivity index (χ4v) is 1.41. The molecule has 3 N–H and O–H groups in total. The molecule has 0 amide bonds. The molecule has 0 heterocycles. The van der Waals surface area contributed by atoms with Gasteiger partial charge >= 0.3 is 0 Å². The number of rotatable bonds is 3. The molecule has 0 aromatic heterocycles. The Morgan fingerprint density at radius 3 is 2.64 bits per heavy atom. The quantitative estimate of drug-likeness (QED) is 0.716. The third kappa shape index (κ3) is 1.93. The molecule has 0 unspecified atom stereocenters. The van der Waals surface area contributed by atoms with Gasteiger partial charge in [0.05, 0.1) is 5.56 Å². The predicted octanol–water partition coefficient (Wildman–Crippen LogP) is 1.54. The standard InChI is InChI=1S/C11H15NO2/c1-7-3-4-9(13)11(8(7)2)10(14)5-6-12/h3-4,13H,5-6,12H2,1-2H3. The van der Waals surface area contributed by atoms with E-state index < -0.39 is 0 Å². The maximum atomic E-state index is 11.6. The first-order chi connectivity index (χ1) is 6.57. The van der Waals surface area contributed by atoms with Crippen LogP contribution in [0.5, 0.6) is 5.75 Å². The molecule has 0 bridgehead atoms. The molecule has 1 aromatic carbocycles. The van der Waals surface area contributed by atoms with Crippen LogP contribution >= 0.6 is 0 Å². The van der Waals surface area contributed by atoms with Gasteiger partial charge < -0.3 is 10.8 Å². The molecule has 76 valence electrons. The summed E-state index contributed by atoms with van der Waals surface area (Å²) in [6.45, 7) is 4.05. The molecular weight excluding hydrogens is 178 g/mol. The van der Waals surface area contributed by atoms with Gasteiger partial charge in [-0.3, -0.25) is 4.79 Å². The number of carbonyl (C=O) groups excluding carboxylic acids is 1. The van der Waals surface area contributed by atoms with Crippen LogP contribution < -0.4 is 5.73 Å². The number of aryl methyl sites for hydroxylation is 1. The van der Waals surface area contributed by atoms with Crippen LogP contribution in [0.25, 0.3) is 0 Å². The Kier molecular flexibility index (Phi) is 3.25. The van der Waals surface area contributed by atoms with Gasteiger partial charge in [-0.2, -0.15) is 0 Å². The van der Waals surface area contributed by atoms with Crippen LogP contribution in [0.15, 0.2) is 12.1 Å². The van der Waals surface area contributed by atoms with E-state index in [9.17, 15) is 9.90 Å². The lowest BCUT2D eigenvalue weighted by Gasteiger charge is -2.09. The minimum Gasteiger partial charge on any atom is -0.507 e. The summed E-state index contributed by atoms with van der Waals surface area (Å²) in [7, 11) is 0. The Balaban J connectivity index is 3.18. The summed E-state index contributed by atoms with van der Waals surface area (Å²) in [6.07, 6.45) is 0.276. The highest BCUT2D eigenvalue weighted by Crippen LogP contribution is 2.24. The Morgan fingerprint density at radius 2 is 2.07 bits per heavy atom. The predicted molar refractivity (Wildman–Crippen MR) is 55.6 cm³/mol. The molecule has 1 rings (SSSR count). The van der Waals surface area contributed by atoms with Gasteiger partial charge in [0.25, 0.3) is 0 Å². The van der Waals surface area contributed by atoms with E-state index in [1.165, 1.54) is 0 Å². The summed E-state index contributed by atoms with van der Waals surface area (Å²) >= 11 is 0. The number of ketones is 1. The SMILES string of the molecule is Cc1ccc(O)c(C(=O)CCN)c1C. The molecule has 1 aromatic rings. The molecule has 3 nitrogen and oxygen atoms in total. The third-order valence-corrected chi connectivity index (χ3v) is 2.36. The lowest BCUT2D eigenvalue weighted by atomic mass is 9.97. The average Bonchev–Trinajstić information content (AvgIpc) is 2.13. The number of phenols is 1. The molecule has 0 saturated heterocycles. The van der Waals surface area contributed by atoms with Crippen LogP contribution in [0.2, 0.25) is 0 Å². The molecule has 14 heavy (non-hydrogen) atoms. The zero-order valence-corrected chi connectivity index (χ0v) is 8.50. The van der Waals surface area contributed by atoms with Gasteiger partial charge in [-0.15, -0.1) is 0 Å². The van der Waals surface area contributed by atoms with Crippen molar-refractivity contribution in [2.75, 3.05) is 6.54 Å². The Morgan fingerprint density at radius 1 is 1.43 bits per heavy atom. The fraction of sp³-hybridized carbons (Fsp3) is 0.364. The Hall–Kier alpha value is -1.35. The molecule has 0 aliphatic heterocycles. The minimum absolute atomic E-state index is 0.0477. The molecule has 0 atom stereocenters. The number of aromatic hydroxyl groups is 1. The fourth-order valence-electron chi connectivity index (χ4n) is 1.41. The summed E-state index contributed by atoms with van der Waals surface area (Å²) < 4.78 is 0. The van der Waals surface area contributed by atoms with Crippen LogP contribution in [-0.4, -0.2) is 17.4 Å². The van der Waals surface area contributed by atoms with E-state index in [1.54, 1.807) is 12.1 Å². The van der Waals surface area contributed by atoms with Gasteiger partial charge in [0.15, 0.2) is 5.78 Å². The zero-order chi connectivity index (χ0) is 10.7. The van der Waals surface area contributed by atoms with Crippen molar-refractivity contribution in [1.82, 2.24) is 0 Å². The van der Waals surface area contributed by atoms with Crippen molar-refractivity contribution in [3.63, 3.8) is 0 Å². The van der Waals surface area contributed by atoms with E-state index in [0.29, 0.717) is 12.1 Å². The molecular formula is C11H15NO2. The van der Waals surface area contributed by atoms with Gasteiger partial charge in [0.2, 0.25) is 0 Å². The van der Waals surface area contributed by atoms with Gasteiger partial charge in [-0.25, -0.2) is 0 Å². The van der Waals surface area contributed by atoms with Crippen LogP contribution in [0.1, 0.15) is 27.9 Å². The van der Waals surface area contributed by atoms with Gasteiger partial charge in [0.1, 0.15) is 5.75 Å². The van der Waals surface area contributed by atoms with E-state index in [2.05, 4.69) is 0 Å². The molecule has 0 aliphatic carbocycles. The van der Waals surface area contributed by atoms with Crippen molar-refractivity contribution in [2.45, 2.75) is 20.3 Å². The van der Waals surface area contributed by atoms with Gasteiger partial charge in [-0.1, -0.05) is 6.07 Å². The third-order valence-electron chi connectivity index (χ3n) is 2.36. The number of hydrogen-bond donors (Lipinski definition) is 2. The second kappa shape index (κ2) is 4.24. The maximum absolute atomic E-state index is 11.6. The topological polar surface area (TPSA) is 63.3 Å². The van der Waals surface area contributed by atoms with Crippen molar-refractivity contribution in [3.8, 4) is 5.75 Å². The maximum Gasteiger partial charge on any atom is 0.168 e. The normalized spacial score (nSPS) is 10.2. The number of nitrogens with two attached hydrogens (primary N) is 1. The molecule has 0 saturated carbocycles. The van der Waals surface area contributed by atoms with Crippen LogP contribution in [0.3, 0.4) is 0 Å². The highest BCUT2D eigenvalue weighted by molar-refractivity contribution is 6.00. The second-order valence-electron chi connectivity index (χ2n) is 3.36. The largest absolute Gasteiger partial charge is 0.507 e. The summed E-state index contributed by atoms with van der Waals surface area (Å²) in [5.41, 5.74) is 7.55. The summed E-state index contributed by atoms with van der Waals surface area (Å²) in [5, 5.41) is 9.55. The minimum atomic E-state index is -0.0915. The first-order valence-corrected chi connectivity index (χ1v) is 4.60. The second-order valence-corrected chi connectivity index (χ2v) is 3.36. The Labute approximate surface area is 83.6 Å². The molecule has 0 spiro atoms. The van der Waals surface area contributed by atoms with Crippen molar-refractivity contribution in [1.29, 1.82) is 0 Å². The monoisotopic (exact) mass is 193 g/mol. The van der Waals surface area contributed by atoms with Crippen molar-refractivity contribution >= 4 is 5.78 Å². The summed E-state index contributed by atoms with van der Waals surface area (Å²) in [6, 6.07) is 3.34. The van der Waals surface area contributed by atoms with E-state index in [4.69, 9.17) is 5.73 Å². The van der Waals surface area contributed by atoms with Crippen LogP contribution in [0.4, 0.5) is 0 Å². The molecule has 0 radical (unpaired) electrons. The first-order valence-electron chi connectivity index (χ1n) is 4.60. The number of carbonyl (C=O) groups is 1. The highest BCUT2D eigenvalue weighted by atomic mass is 16.3. The van der Waals surface area contributed by atoms with Crippen LogP contribution in [0, 0.1) is 13.8 Å². The van der Waals surface area contributed by atoms with E-state index in [1.807, 2.05) is 13.8 Å². The average molecular weight is 193 g/mol. The van der Waals surface area contributed by atoms with Crippen molar-refractivity contribution in [3.05, 3.63) is 28.8 Å². The zero-order valence-electron chi connectivity index (χ0n) is 8.50. The summed E-state index contributed by atoms with van der Waals surface area (Å²) in [5.74, 6) is -0.0437. The number of phenolic OH excluding ortho intramolecular Hbond substituents is 1. The van der Waals surface area contributed by atoms with Crippen molar-refractivity contribution < 1.29 is 9.90 Å². The lowest BCUT2D eigenvalue weighted by Crippen LogP contribution is -2.10. The van der Waals surface area contributed by atoms with E-state index in [0.717, 1.165) is 11.1 Å². The molecule has 0 aliphatic rings. The first kappa shape index (κ1) is 10.7. The molecule has 3 heteroatoms. The number of Topliss-reactive ketones (excluding diaryl/α,β-unsaturated/α-hetero) is 1. The van der Waals surface area contributed by atoms with Crippen LogP contribution in [-0.2, 0) is 0 Å². The molecule has 0 fully saturated rings. The van der Waals surface area contributed by atoms with E-state index in [-0.39, 0.29) is 18.0 Å². The van der Waals surface area contributed by atoms with Gasteiger partial charge in [-0.05, 0) is 37.6 Å². The number of benzene rings is 1. The van der Waals surface area contributed by atoms with E-state index >= 15 is 0 Å². The van der Waals surface area contributed by atoms with Gasteiger partial charge in [0, 0.05) is 6.42 Å². The highest BCUT2D eigenvalue weighted by Gasteiger charge is 2.14. The smallest absolute Gasteiger partial charge is 0.168 e.